The summed E-state index contributed by atoms with van der Waals surface area (Å²) in [5, 5.41) is 10.1. The van der Waals surface area contributed by atoms with E-state index in [2.05, 4.69) is 25.5 Å². The Morgan fingerprint density at radius 1 is 1.31 bits per heavy atom. The number of halogens is 4. The van der Waals surface area contributed by atoms with Crippen LogP contribution >= 0.6 is 24.0 Å². The summed E-state index contributed by atoms with van der Waals surface area (Å²) in [4.78, 5) is 4.02. The minimum atomic E-state index is -3.01. The number of aromatic nitrogens is 2. The third-order valence-electron chi connectivity index (χ3n) is 3.36. The Balaban J connectivity index is 0.00000338. The van der Waals surface area contributed by atoms with E-state index >= 15 is 0 Å². The molecule has 0 amide bonds. The van der Waals surface area contributed by atoms with Crippen molar-refractivity contribution in [3.8, 4) is 5.75 Å². The number of hydrogen-bond donors (Lipinski definition) is 2. The van der Waals surface area contributed by atoms with E-state index in [1.54, 1.807) is 13.2 Å². The number of nitrogens with one attached hydrogen (secondary N) is 2. The van der Waals surface area contributed by atoms with Crippen LogP contribution in [0.25, 0.3) is 0 Å². The van der Waals surface area contributed by atoms with Crippen LogP contribution in [0.2, 0.25) is 0 Å². The number of aryl methyl sites for hydroxylation is 1. The second-order valence-electron chi connectivity index (χ2n) is 5.07. The van der Waals surface area contributed by atoms with Gasteiger partial charge in [0.2, 0.25) is 0 Å². The Kier molecular flexibility index (Phi) is 9.84. The van der Waals surface area contributed by atoms with Crippen LogP contribution in [0, 0.1) is 5.82 Å². The molecule has 0 bridgehead atoms. The Morgan fingerprint density at radius 3 is 2.77 bits per heavy atom. The van der Waals surface area contributed by atoms with Crippen LogP contribution < -0.4 is 15.4 Å². The van der Waals surface area contributed by atoms with E-state index in [1.165, 1.54) is 18.2 Å². The molecule has 0 spiro atoms. The van der Waals surface area contributed by atoms with Crippen LogP contribution in [0.3, 0.4) is 0 Å². The molecule has 26 heavy (non-hydrogen) atoms. The van der Waals surface area contributed by atoms with Crippen molar-refractivity contribution in [3.63, 3.8) is 0 Å². The highest BCUT2D eigenvalue weighted by molar-refractivity contribution is 14.0. The van der Waals surface area contributed by atoms with Crippen molar-refractivity contribution >= 4 is 29.9 Å². The molecule has 0 radical (unpaired) electrons. The molecule has 2 rings (SSSR count). The lowest BCUT2D eigenvalue weighted by atomic mass is 10.2. The van der Waals surface area contributed by atoms with Crippen LogP contribution in [0.15, 0.2) is 41.7 Å². The standard InChI is InChI=1S/C16H20F3N5O.HI/c1-20-16(21-7-3-9-24-10-4-8-23-24)22-11-12-13(17)5-2-6-14(12)25-15(18)19;/h2,4-6,8,10,15H,3,7,9,11H2,1H3,(H2,20,21,22);1H. The molecule has 0 fully saturated rings. The van der Waals surface area contributed by atoms with Crippen LogP contribution in [-0.2, 0) is 13.1 Å². The Hall–Kier alpha value is -1.98. The van der Waals surface area contributed by atoms with Gasteiger partial charge < -0.3 is 15.4 Å². The molecule has 0 unspecified atom stereocenters. The van der Waals surface area contributed by atoms with E-state index in [1.807, 2.05) is 16.9 Å². The molecule has 0 atom stereocenters. The molecular weight excluding hydrogens is 462 g/mol. The predicted octanol–water partition coefficient (Wildman–Crippen LogP) is 3.00. The minimum absolute atomic E-state index is 0. The van der Waals surface area contributed by atoms with E-state index in [9.17, 15) is 13.2 Å². The molecule has 0 saturated heterocycles. The fourth-order valence-electron chi connectivity index (χ4n) is 2.19. The van der Waals surface area contributed by atoms with Gasteiger partial charge in [0.15, 0.2) is 5.96 Å². The van der Waals surface area contributed by atoms with Crippen LogP contribution in [-0.4, -0.2) is 35.9 Å². The summed E-state index contributed by atoms with van der Waals surface area (Å²) >= 11 is 0. The van der Waals surface area contributed by atoms with E-state index < -0.39 is 12.4 Å². The third-order valence-corrected chi connectivity index (χ3v) is 3.36. The zero-order chi connectivity index (χ0) is 18.1. The van der Waals surface area contributed by atoms with E-state index in [0.717, 1.165) is 13.0 Å². The van der Waals surface area contributed by atoms with Crippen molar-refractivity contribution in [2.24, 2.45) is 4.99 Å². The number of benzene rings is 1. The largest absolute Gasteiger partial charge is 0.434 e. The maximum Gasteiger partial charge on any atom is 0.387 e. The molecule has 2 N–H and O–H groups in total. The average molecular weight is 483 g/mol. The van der Waals surface area contributed by atoms with E-state index in [0.29, 0.717) is 12.5 Å². The normalized spacial score (nSPS) is 11.2. The number of aliphatic imine (C=N–C) groups is 1. The van der Waals surface area contributed by atoms with Gasteiger partial charge in [0.05, 0.1) is 0 Å². The summed E-state index contributed by atoms with van der Waals surface area (Å²) < 4.78 is 44.9. The quantitative estimate of drug-likeness (QED) is 0.263. The van der Waals surface area contributed by atoms with Crippen LogP contribution in [0.1, 0.15) is 12.0 Å². The molecule has 1 aromatic carbocycles. The summed E-state index contributed by atoms with van der Waals surface area (Å²) in [6.07, 6.45) is 4.39. The van der Waals surface area contributed by atoms with Gasteiger partial charge in [-0.1, -0.05) is 6.07 Å². The number of ether oxygens (including phenoxy) is 1. The lowest BCUT2D eigenvalue weighted by Crippen LogP contribution is -2.37. The average Bonchev–Trinajstić information content (AvgIpc) is 3.09. The Morgan fingerprint density at radius 2 is 2.12 bits per heavy atom. The smallest absolute Gasteiger partial charge is 0.387 e. The highest BCUT2D eigenvalue weighted by Gasteiger charge is 2.14. The lowest BCUT2D eigenvalue weighted by Gasteiger charge is -2.15. The second kappa shape index (κ2) is 11.6. The van der Waals surface area contributed by atoms with Gasteiger partial charge in [-0.05, 0) is 24.6 Å². The number of guanidine groups is 1. The zero-order valence-corrected chi connectivity index (χ0v) is 16.5. The topological polar surface area (TPSA) is 63.5 Å². The summed E-state index contributed by atoms with van der Waals surface area (Å²) in [6, 6.07) is 5.66. The van der Waals surface area contributed by atoms with Crippen molar-refractivity contribution in [2.75, 3.05) is 13.6 Å². The van der Waals surface area contributed by atoms with Crippen LogP contribution in [0.4, 0.5) is 13.2 Å². The van der Waals surface area contributed by atoms with E-state index in [4.69, 9.17) is 0 Å². The highest BCUT2D eigenvalue weighted by Crippen LogP contribution is 2.23. The molecule has 0 aliphatic carbocycles. The van der Waals surface area contributed by atoms with Gasteiger partial charge in [-0.15, -0.1) is 24.0 Å². The Labute approximate surface area is 166 Å². The summed E-state index contributed by atoms with van der Waals surface area (Å²) in [5.74, 6) is -0.386. The fraction of sp³-hybridized carbons (Fsp3) is 0.375. The maximum absolute atomic E-state index is 13.9. The first-order valence-corrected chi connectivity index (χ1v) is 7.74. The van der Waals surface area contributed by atoms with Gasteiger partial charge in [0.1, 0.15) is 11.6 Å². The number of hydrogen-bond acceptors (Lipinski definition) is 3. The molecular formula is C16H21F3IN5O. The van der Waals surface area contributed by atoms with Crippen molar-refractivity contribution in [1.82, 2.24) is 20.4 Å². The highest BCUT2D eigenvalue weighted by atomic mass is 127. The molecule has 0 aliphatic rings. The first-order chi connectivity index (χ1) is 12.1. The second-order valence-corrected chi connectivity index (χ2v) is 5.07. The molecule has 2 aromatic rings. The number of nitrogens with zero attached hydrogens (tertiary/aromatic N) is 3. The van der Waals surface area contributed by atoms with Gasteiger partial charge in [0, 0.05) is 44.6 Å². The monoisotopic (exact) mass is 483 g/mol. The predicted molar refractivity (Wildman–Crippen MR) is 103 cm³/mol. The Bertz CT molecular complexity index is 683. The molecule has 144 valence electrons. The zero-order valence-electron chi connectivity index (χ0n) is 14.2. The maximum atomic E-state index is 13.9. The third kappa shape index (κ3) is 7.10. The molecule has 10 heteroatoms. The first kappa shape index (κ1) is 22.1. The first-order valence-electron chi connectivity index (χ1n) is 7.74. The summed E-state index contributed by atoms with van der Waals surface area (Å²) in [6.45, 7) is -1.68. The van der Waals surface area contributed by atoms with Gasteiger partial charge in [-0.25, -0.2) is 4.39 Å². The summed E-state index contributed by atoms with van der Waals surface area (Å²) in [5.41, 5.74) is 0.0160. The van der Waals surface area contributed by atoms with Gasteiger partial charge in [-0.3, -0.25) is 9.67 Å². The molecule has 0 saturated carbocycles. The van der Waals surface area contributed by atoms with E-state index in [-0.39, 0.29) is 41.8 Å². The van der Waals surface area contributed by atoms with Crippen LogP contribution in [0.5, 0.6) is 5.75 Å². The number of rotatable bonds is 8. The van der Waals surface area contributed by atoms with Crippen molar-refractivity contribution in [2.45, 2.75) is 26.1 Å². The molecule has 0 aliphatic heterocycles. The molecule has 1 heterocycles. The van der Waals surface area contributed by atoms with Crippen molar-refractivity contribution in [1.29, 1.82) is 0 Å². The molecule has 1 aromatic heterocycles. The minimum Gasteiger partial charge on any atom is -0.434 e. The van der Waals surface area contributed by atoms with Gasteiger partial charge >= 0.3 is 6.61 Å². The van der Waals surface area contributed by atoms with Crippen molar-refractivity contribution < 1.29 is 17.9 Å². The van der Waals surface area contributed by atoms with Gasteiger partial charge in [-0.2, -0.15) is 13.9 Å². The van der Waals surface area contributed by atoms with Gasteiger partial charge in [0.25, 0.3) is 0 Å². The lowest BCUT2D eigenvalue weighted by molar-refractivity contribution is -0.0506. The summed E-state index contributed by atoms with van der Waals surface area (Å²) in [7, 11) is 1.57. The number of alkyl halides is 2. The fourth-order valence-corrected chi connectivity index (χ4v) is 2.19. The SMILES string of the molecule is CN=C(NCCCn1cccn1)NCc1c(F)cccc1OC(F)F.I. The molecule has 6 nitrogen and oxygen atoms in total. The van der Waals surface area contributed by atoms with Crippen molar-refractivity contribution in [3.05, 3.63) is 48.0 Å².